The number of dihydropyridines is 1. The first kappa shape index (κ1) is 29.4. The highest BCUT2D eigenvalue weighted by Crippen LogP contribution is 2.38. The standard InChI is InChI=1S/C45H31N5/c1-2-11-39-37(8-1)44-36(9-7-10-38(44)45(50-39)34-22-26-46-27-23-34)33-20-18-31(19-21-33)30-14-16-32(17-15-30)35-28-42(40-12-3-5-24-47-40)49-43(29-35)41-13-4-6-25-48-41/h1-26,28-29,46H,27H2. The molecule has 5 heterocycles. The molecule has 0 spiro atoms. The van der Waals surface area contributed by atoms with Crippen molar-refractivity contribution in [3.05, 3.63) is 176 Å². The van der Waals surface area contributed by atoms with E-state index in [1.807, 2.05) is 42.6 Å². The summed E-state index contributed by atoms with van der Waals surface area (Å²) in [7, 11) is 0. The van der Waals surface area contributed by atoms with Crippen LogP contribution in [0.1, 0.15) is 5.69 Å². The zero-order valence-corrected chi connectivity index (χ0v) is 27.2. The van der Waals surface area contributed by atoms with Gasteiger partial charge in [-0.05, 0) is 93.7 Å². The summed E-state index contributed by atoms with van der Waals surface area (Å²) < 4.78 is 0. The van der Waals surface area contributed by atoms with Gasteiger partial charge in [-0.3, -0.25) is 9.97 Å². The number of hydrogen-bond donors (Lipinski definition) is 1. The summed E-state index contributed by atoms with van der Waals surface area (Å²) in [5.74, 6) is 0. The van der Waals surface area contributed by atoms with E-state index in [1.165, 1.54) is 16.5 Å². The summed E-state index contributed by atoms with van der Waals surface area (Å²) in [6, 6.07) is 48.6. The van der Waals surface area contributed by atoms with Gasteiger partial charge in [-0.15, -0.1) is 0 Å². The van der Waals surface area contributed by atoms with E-state index in [4.69, 9.17) is 9.97 Å². The van der Waals surface area contributed by atoms with Gasteiger partial charge in [-0.1, -0.05) is 103 Å². The van der Waals surface area contributed by atoms with Gasteiger partial charge >= 0.3 is 0 Å². The minimum absolute atomic E-state index is 0.797. The SMILES string of the molecule is C1=CC(c2nc3ccccc3c3c(-c4ccc(-c5ccc(-c6cc(-c7ccccn7)nc(-c7ccccn7)c6)cc5)cc4)cccc23)=CCN1. The Hall–Kier alpha value is -6.72. The fourth-order valence-electron chi connectivity index (χ4n) is 6.78. The molecule has 0 amide bonds. The van der Waals surface area contributed by atoms with Crippen molar-refractivity contribution in [1.29, 1.82) is 0 Å². The van der Waals surface area contributed by atoms with E-state index < -0.39 is 0 Å². The molecule has 50 heavy (non-hydrogen) atoms. The Balaban J connectivity index is 1.07. The summed E-state index contributed by atoms with van der Waals surface area (Å²) >= 11 is 0. The number of aromatic nitrogens is 4. The van der Waals surface area contributed by atoms with Crippen molar-refractivity contribution in [3.8, 4) is 56.2 Å². The van der Waals surface area contributed by atoms with Gasteiger partial charge in [0.15, 0.2) is 0 Å². The molecule has 1 N–H and O–H groups in total. The first-order valence-corrected chi connectivity index (χ1v) is 16.8. The molecule has 1 aliphatic heterocycles. The van der Waals surface area contributed by atoms with Crippen LogP contribution >= 0.6 is 0 Å². The van der Waals surface area contributed by atoms with Crippen LogP contribution in [0.5, 0.6) is 0 Å². The van der Waals surface area contributed by atoms with E-state index in [9.17, 15) is 0 Å². The van der Waals surface area contributed by atoms with Crippen LogP contribution in [0.2, 0.25) is 0 Å². The molecule has 0 atom stereocenters. The van der Waals surface area contributed by atoms with E-state index in [-0.39, 0.29) is 0 Å². The summed E-state index contributed by atoms with van der Waals surface area (Å²) in [5, 5.41) is 6.81. The predicted molar refractivity (Wildman–Crippen MR) is 205 cm³/mol. The van der Waals surface area contributed by atoms with Crippen molar-refractivity contribution >= 4 is 27.2 Å². The van der Waals surface area contributed by atoms with Crippen LogP contribution in [0, 0.1) is 0 Å². The number of benzene rings is 4. The highest BCUT2D eigenvalue weighted by Gasteiger charge is 2.16. The zero-order chi connectivity index (χ0) is 33.3. The van der Waals surface area contributed by atoms with Crippen LogP contribution < -0.4 is 5.32 Å². The van der Waals surface area contributed by atoms with Gasteiger partial charge in [-0.25, -0.2) is 9.97 Å². The molecule has 0 saturated heterocycles. The van der Waals surface area contributed by atoms with E-state index in [0.717, 1.165) is 79.1 Å². The number of hydrogen-bond acceptors (Lipinski definition) is 5. The minimum Gasteiger partial charge on any atom is -0.387 e. The lowest BCUT2D eigenvalue weighted by Gasteiger charge is -2.16. The van der Waals surface area contributed by atoms with Gasteiger partial charge in [0.2, 0.25) is 0 Å². The Morgan fingerprint density at radius 2 is 1.08 bits per heavy atom. The molecule has 0 bridgehead atoms. The normalized spacial score (nSPS) is 12.5. The number of para-hydroxylation sites is 1. The minimum atomic E-state index is 0.797. The molecule has 4 aromatic carbocycles. The third kappa shape index (κ3) is 5.51. The monoisotopic (exact) mass is 641 g/mol. The summed E-state index contributed by atoms with van der Waals surface area (Å²) in [6.07, 6.45) is 9.91. The molecule has 0 fully saturated rings. The Bertz CT molecular complexity index is 2500. The molecule has 8 aromatic rings. The molecule has 4 aromatic heterocycles. The molecule has 5 heteroatoms. The largest absolute Gasteiger partial charge is 0.387 e. The first-order valence-electron chi connectivity index (χ1n) is 16.8. The van der Waals surface area contributed by atoms with E-state index in [1.54, 1.807) is 12.4 Å². The number of fused-ring (bicyclic) bond motifs is 3. The lowest BCUT2D eigenvalue weighted by atomic mass is 9.91. The lowest BCUT2D eigenvalue weighted by Crippen LogP contribution is -2.09. The number of nitrogens with one attached hydrogen (secondary N) is 1. The highest BCUT2D eigenvalue weighted by atomic mass is 14.8. The summed E-state index contributed by atoms with van der Waals surface area (Å²) in [6.45, 7) is 0.797. The van der Waals surface area contributed by atoms with Crippen LogP contribution in [-0.4, -0.2) is 26.5 Å². The number of pyridine rings is 4. The van der Waals surface area contributed by atoms with Crippen molar-refractivity contribution in [1.82, 2.24) is 25.3 Å². The average Bonchev–Trinajstić information content (AvgIpc) is 3.21. The molecule has 9 rings (SSSR count). The molecule has 0 aliphatic carbocycles. The Labute approximate surface area is 290 Å². The van der Waals surface area contributed by atoms with Crippen LogP contribution in [0.3, 0.4) is 0 Å². The second-order valence-electron chi connectivity index (χ2n) is 12.3. The van der Waals surface area contributed by atoms with Crippen molar-refractivity contribution in [2.24, 2.45) is 0 Å². The van der Waals surface area contributed by atoms with Gasteiger partial charge in [0.1, 0.15) is 0 Å². The van der Waals surface area contributed by atoms with Crippen molar-refractivity contribution < 1.29 is 0 Å². The third-order valence-electron chi connectivity index (χ3n) is 9.25. The Kier molecular flexibility index (Phi) is 7.48. The fraction of sp³-hybridized carbons (Fsp3) is 0.0222. The second-order valence-corrected chi connectivity index (χ2v) is 12.3. The average molecular weight is 642 g/mol. The molecular weight excluding hydrogens is 611 g/mol. The van der Waals surface area contributed by atoms with Crippen LogP contribution in [-0.2, 0) is 0 Å². The van der Waals surface area contributed by atoms with Gasteiger partial charge in [0.25, 0.3) is 0 Å². The van der Waals surface area contributed by atoms with Gasteiger partial charge in [0.05, 0.1) is 34.0 Å². The van der Waals surface area contributed by atoms with Gasteiger partial charge < -0.3 is 5.32 Å². The van der Waals surface area contributed by atoms with Crippen LogP contribution in [0.25, 0.3) is 83.4 Å². The Morgan fingerprint density at radius 1 is 0.480 bits per heavy atom. The maximum absolute atomic E-state index is 5.13. The Morgan fingerprint density at radius 3 is 1.70 bits per heavy atom. The molecule has 0 saturated carbocycles. The number of nitrogens with zero attached hydrogens (tertiary/aromatic N) is 4. The van der Waals surface area contributed by atoms with Gasteiger partial charge in [-0.2, -0.15) is 0 Å². The molecule has 236 valence electrons. The highest BCUT2D eigenvalue weighted by molar-refractivity contribution is 6.16. The summed E-state index contributed by atoms with van der Waals surface area (Å²) in [5.41, 5.74) is 13.3. The molecule has 5 nitrogen and oxygen atoms in total. The molecule has 0 unspecified atom stereocenters. The van der Waals surface area contributed by atoms with E-state index in [0.29, 0.717) is 0 Å². The molecule has 0 radical (unpaired) electrons. The van der Waals surface area contributed by atoms with E-state index >= 15 is 0 Å². The zero-order valence-electron chi connectivity index (χ0n) is 27.2. The second kappa shape index (κ2) is 12.7. The smallest absolute Gasteiger partial charge is 0.0900 e. The lowest BCUT2D eigenvalue weighted by molar-refractivity contribution is 0.975. The topological polar surface area (TPSA) is 63.6 Å². The maximum Gasteiger partial charge on any atom is 0.0900 e. The van der Waals surface area contributed by atoms with Crippen molar-refractivity contribution in [3.63, 3.8) is 0 Å². The molecular formula is C45H31N5. The van der Waals surface area contributed by atoms with Gasteiger partial charge in [0, 0.05) is 35.1 Å². The first-order chi connectivity index (χ1) is 24.8. The molecule has 1 aliphatic rings. The third-order valence-corrected chi connectivity index (χ3v) is 9.25. The van der Waals surface area contributed by atoms with Crippen molar-refractivity contribution in [2.75, 3.05) is 6.54 Å². The summed E-state index contributed by atoms with van der Waals surface area (Å²) in [4.78, 5) is 19.2. The van der Waals surface area contributed by atoms with Crippen LogP contribution in [0.4, 0.5) is 0 Å². The van der Waals surface area contributed by atoms with Crippen LogP contribution in [0.15, 0.2) is 170 Å². The fourth-order valence-corrected chi connectivity index (χ4v) is 6.78. The van der Waals surface area contributed by atoms with E-state index in [2.05, 4.69) is 131 Å². The predicted octanol–water partition coefficient (Wildman–Crippen LogP) is 10.4. The number of rotatable bonds is 6. The maximum atomic E-state index is 5.13. The quantitative estimate of drug-likeness (QED) is 0.183. The number of allylic oxidation sites excluding steroid dienone is 2. The van der Waals surface area contributed by atoms with Crippen molar-refractivity contribution in [2.45, 2.75) is 0 Å².